The van der Waals surface area contributed by atoms with E-state index < -0.39 is 5.60 Å². The zero-order valence-electron chi connectivity index (χ0n) is 18.4. The van der Waals surface area contributed by atoms with E-state index in [2.05, 4.69) is 58.3 Å². The van der Waals surface area contributed by atoms with Crippen LogP contribution in [0.2, 0.25) is 0 Å². The van der Waals surface area contributed by atoms with Gasteiger partial charge in [0.2, 0.25) is 0 Å². The third-order valence-corrected chi connectivity index (χ3v) is 5.47. The van der Waals surface area contributed by atoms with Crippen LogP contribution in [0.5, 0.6) is 0 Å². The zero-order chi connectivity index (χ0) is 20.7. The molecule has 2 heterocycles. The van der Waals surface area contributed by atoms with E-state index in [1.54, 1.807) is 17.8 Å². The monoisotopic (exact) mass is 393 g/mol. The second-order valence-electron chi connectivity index (χ2n) is 8.40. The Morgan fingerprint density at radius 1 is 1.25 bits per heavy atom. The number of aromatic nitrogens is 2. The van der Waals surface area contributed by atoms with Gasteiger partial charge in [-0.05, 0) is 26.8 Å². The maximum Gasteiger partial charge on any atom is 0.191 e. The highest BCUT2D eigenvalue weighted by Gasteiger charge is 2.26. The first-order chi connectivity index (χ1) is 13.2. The van der Waals surface area contributed by atoms with E-state index in [0.717, 1.165) is 50.8 Å². The highest BCUT2D eigenvalue weighted by atomic mass is 16.3. The molecule has 2 atom stereocenters. The molecule has 3 N–H and O–H groups in total. The lowest BCUT2D eigenvalue weighted by Crippen LogP contribution is -2.55. The second kappa shape index (κ2) is 10.2. The SMILES string of the molecule is CCNC(=NCC(C)(O)c1cnn(C)c1)NCC(C(C)C)N1CCN(C)CC1. The predicted octanol–water partition coefficient (Wildman–Crippen LogP) is 0.455. The van der Waals surface area contributed by atoms with E-state index in [0.29, 0.717) is 12.0 Å². The molecule has 1 aliphatic rings. The summed E-state index contributed by atoms with van der Waals surface area (Å²) in [6.45, 7) is 14.7. The molecular formula is C20H39N7O. The quantitative estimate of drug-likeness (QED) is 0.440. The lowest BCUT2D eigenvalue weighted by molar-refractivity contribution is 0.0670. The van der Waals surface area contributed by atoms with Crippen molar-refractivity contribution in [3.8, 4) is 0 Å². The van der Waals surface area contributed by atoms with Gasteiger partial charge in [0.1, 0.15) is 5.60 Å². The number of nitrogens with one attached hydrogen (secondary N) is 2. The Morgan fingerprint density at radius 3 is 2.46 bits per heavy atom. The van der Waals surface area contributed by atoms with Crippen LogP contribution in [0.4, 0.5) is 0 Å². The number of rotatable bonds is 8. The number of likely N-dealkylation sites (N-methyl/N-ethyl adjacent to an activating group) is 1. The summed E-state index contributed by atoms with van der Waals surface area (Å²) in [5.74, 6) is 1.30. The van der Waals surface area contributed by atoms with Crippen LogP contribution < -0.4 is 10.6 Å². The van der Waals surface area contributed by atoms with Crippen molar-refractivity contribution >= 4 is 5.96 Å². The summed E-state index contributed by atoms with van der Waals surface area (Å²) < 4.78 is 1.69. The number of aryl methyl sites for hydroxylation is 1. The van der Waals surface area contributed by atoms with Gasteiger partial charge in [0.15, 0.2) is 5.96 Å². The van der Waals surface area contributed by atoms with Crippen LogP contribution in [0.3, 0.4) is 0 Å². The fourth-order valence-electron chi connectivity index (χ4n) is 3.51. The van der Waals surface area contributed by atoms with Crippen molar-refractivity contribution in [2.45, 2.75) is 39.3 Å². The Labute approximate surface area is 170 Å². The molecule has 0 spiro atoms. The van der Waals surface area contributed by atoms with E-state index in [4.69, 9.17) is 0 Å². The van der Waals surface area contributed by atoms with E-state index in [9.17, 15) is 5.11 Å². The molecule has 0 radical (unpaired) electrons. The standard InChI is InChI=1S/C20H39N7O/c1-7-21-19(23-15-20(4,28)17-12-24-26(6)14-17)22-13-18(16(2)3)27-10-8-25(5)9-11-27/h12,14,16,18,28H,7-11,13,15H2,1-6H3,(H2,21,22,23). The van der Waals surface area contributed by atoms with Crippen molar-refractivity contribution in [2.24, 2.45) is 18.0 Å². The molecule has 1 aromatic rings. The van der Waals surface area contributed by atoms with Crippen molar-refractivity contribution in [2.75, 3.05) is 52.9 Å². The molecule has 1 aliphatic heterocycles. The number of aliphatic imine (C=N–C) groups is 1. The Hall–Kier alpha value is -1.64. The molecule has 0 saturated carbocycles. The predicted molar refractivity (Wildman–Crippen MR) is 114 cm³/mol. The number of piperazine rings is 1. The van der Waals surface area contributed by atoms with Gasteiger partial charge in [0.05, 0.1) is 12.7 Å². The van der Waals surface area contributed by atoms with Crippen LogP contribution in [0.25, 0.3) is 0 Å². The molecule has 8 heteroatoms. The third-order valence-electron chi connectivity index (χ3n) is 5.47. The van der Waals surface area contributed by atoms with Crippen LogP contribution in [0.15, 0.2) is 17.4 Å². The highest BCUT2D eigenvalue weighted by molar-refractivity contribution is 5.79. The van der Waals surface area contributed by atoms with Gasteiger partial charge >= 0.3 is 0 Å². The summed E-state index contributed by atoms with van der Waals surface area (Å²) in [6, 6.07) is 0.455. The number of nitrogens with zero attached hydrogens (tertiary/aromatic N) is 5. The Bertz CT molecular complexity index is 618. The van der Waals surface area contributed by atoms with Crippen molar-refractivity contribution in [3.05, 3.63) is 18.0 Å². The Balaban J connectivity index is 1.99. The number of aliphatic hydroxyl groups is 1. The summed E-state index contributed by atoms with van der Waals surface area (Å²) >= 11 is 0. The minimum atomic E-state index is -1.05. The van der Waals surface area contributed by atoms with Gasteiger partial charge < -0.3 is 20.6 Å². The first-order valence-corrected chi connectivity index (χ1v) is 10.4. The molecule has 0 amide bonds. The van der Waals surface area contributed by atoms with E-state index in [1.165, 1.54) is 0 Å². The minimum absolute atomic E-state index is 0.273. The highest BCUT2D eigenvalue weighted by Crippen LogP contribution is 2.20. The number of hydrogen-bond acceptors (Lipinski definition) is 5. The van der Waals surface area contributed by atoms with E-state index >= 15 is 0 Å². The van der Waals surface area contributed by atoms with E-state index in [1.807, 2.05) is 13.2 Å². The molecule has 2 unspecified atom stereocenters. The normalized spacial score (nSPS) is 20.2. The van der Waals surface area contributed by atoms with Gasteiger partial charge in [-0.25, -0.2) is 4.99 Å². The molecule has 2 rings (SSSR count). The minimum Gasteiger partial charge on any atom is -0.383 e. The number of hydrogen-bond donors (Lipinski definition) is 3. The van der Waals surface area contributed by atoms with Gasteiger partial charge in [-0.15, -0.1) is 0 Å². The lowest BCUT2D eigenvalue weighted by atomic mass is 10.0. The van der Waals surface area contributed by atoms with Crippen LogP contribution in [0, 0.1) is 5.92 Å². The van der Waals surface area contributed by atoms with Crippen molar-refractivity contribution in [3.63, 3.8) is 0 Å². The first-order valence-electron chi connectivity index (χ1n) is 10.4. The third kappa shape index (κ3) is 6.46. The fourth-order valence-corrected chi connectivity index (χ4v) is 3.51. The maximum absolute atomic E-state index is 10.8. The van der Waals surface area contributed by atoms with Crippen LogP contribution in [-0.4, -0.2) is 89.5 Å². The van der Waals surface area contributed by atoms with Crippen LogP contribution in [0.1, 0.15) is 33.3 Å². The smallest absolute Gasteiger partial charge is 0.191 e. The van der Waals surface area contributed by atoms with Crippen molar-refractivity contribution in [1.82, 2.24) is 30.2 Å². The van der Waals surface area contributed by atoms with Crippen LogP contribution >= 0.6 is 0 Å². The Morgan fingerprint density at radius 2 is 1.93 bits per heavy atom. The average Bonchev–Trinajstić information content (AvgIpc) is 3.08. The molecule has 0 bridgehead atoms. The first kappa shape index (κ1) is 22.6. The topological polar surface area (TPSA) is 80.9 Å². The van der Waals surface area contributed by atoms with Crippen molar-refractivity contribution < 1.29 is 5.11 Å². The molecule has 1 saturated heterocycles. The van der Waals surface area contributed by atoms with Gasteiger partial charge in [0, 0.05) is 64.1 Å². The molecule has 0 aliphatic carbocycles. The lowest BCUT2D eigenvalue weighted by Gasteiger charge is -2.40. The summed E-state index contributed by atoms with van der Waals surface area (Å²) in [5, 5.41) is 21.7. The van der Waals surface area contributed by atoms with Gasteiger partial charge in [-0.1, -0.05) is 13.8 Å². The Kier molecular flexibility index (Phi) is 8.27. The molecule has 1 aromatic heterocycles. The summed E-state index contributed by atoms with van der Waals surface area (Å²) in [5.41, 5.74) is -0.280. The summed E-state index contributed by atoms with van der Waals surface area (Å²) in [7, 11) is 4.03. The van der Waals surface area contributed by atoms with Crippen molar-refractivity contribution in [1.29, 1.82) is 0 Å². The average molecular weight is 394 g/mol. The number of guanidine groups is 1. The maximum atomic E-state index is 10.8. The van der Waals surface area contributed by atoms with Gasteiger partial charge in [0.25, 0.3) is 0 Å². The molecule has 1 fully saturated rings. The fraction of sp³-hybridized carbons (Fsp3) is 0.800. The largest absolute Gasteiger partial charge is 0.383 e. The van der Waals surface area contributed by atoms with Gasteiger partial charge in [-0.2, -0.15) is 5.10 Å². The molecular weight excluding hydrogens is 354 g/mol. The zero-order valence-corrected chi connectivity index (χ0v) is 18.4. The van der Waals surface area contributed by atoms with Crippen LogP contribution in [-0.2, 0) is 12.6 Å². The molecule has 0 aromatic carbocycles. The second-order valence-corrected chi connectivity index (χ2v) is 8.40. The molecule has 8 nitrogen and oxygen atoms in total. The molecule has 160 valence electrons. The summed E-state index contributed by atoms with van der Waals surface area (Å²) in [6.07, 6.45) is 3.52. The van der Waals surface area contributed by atoms with Gasteiger partial charge in [-0.3, -0.25) is 9.58 Å². The molecule has 28 heavy (non-hydrogen) atoms. The summed E-state index contributed by atoms with van der Waals surface area (Å²) in [4.78, 5) is 9.60. The van der Waals surface area contributed by atoms with E-state index in [-0.39, 0.29) is 6.54 Å².